The van der Waals surface area contributed by atoms with Crippen molar-refractivity contribution in [1.29, 1.82) is 0 Å². The average molecular weight is 568 g/mol. The largest absolute Gasteiger partial charge is 0.747 e. The van der Waals surface area contributed by atoms with E-state index in [1.807, 2.05) is 54.6 Å². The number of benzene rings is 2. The normalized spacial score (nSPS) is 26.8. The second kappa shape index (κ2) is 9.46. The zero-order valence-corrected chi connectivity index (χ0v) is 23.1. The molecule has 4 aromatic rings. The predicted octanol–water partition coefficient (Wildman–Crippen LogP) is 5.24. The third kappa shape index (κ3) is 4.57. The standard InChI is InChI=1S/C31H28N4O5S/c1-30(14-22-6-2-20-4-8-26-24(28(20)39-22)16-32-18-34-26)10-12-31(13-11-30,41(36,37)38)15-23-7-3-21-5-9-27-25(29(21)40-23)17-33-19-35-27/h2-10,12,16-19,22-23H,11,13-15H2,1H3,(H,36,37,38)/p-1. The highest BCUT2D eigenvalue weighted by atomic mass is 32.2. The van der Waals surface area contributed by atoms with Crippen molar-refractivity contribution in [2.45, 2.75) is 49.6 Å². The van der Waals surface area contributed by atoms with E-state index >= 15 is 0 Å². The van der Waals surface area contributed by atoms with Crippen LogP contribution in [0.5, 0.6) is 11.5 Å². The Kier molecular flexibility index (Phi) is 5.95. The highest BCUT2D eigenvalue weighted by Crippen LogP contribution is 2.46. The van der Waals surface area contributed by atoms with Crippen LogP contribution in [0.4, 0.5) is 0 Å². The van der Waals surface area contributed by atoms with Crippen LogP contribution in [0.3, 0.4) is 0 Å². The fourth-order valence-corrected chi connectivity index (χ4v) is 7.06. The number of allylic oxidation sites excluding steroid dienone is 1. The number of ether oxygens (including phenoxy) is 2. The second-order valence-corrected chi connectivity index (χ2v) is 13.0. The van der Waals surface area contributed by atoms with Crippen molar-refractivity contribution in [2.75, 3.05) is 0 Å². The molecule has 0 bridgehead atoms. The molecular weight excluding hydrogens is 540 g/mol. The number of hydrogen-bond acceptors (Lipinski definition) is 9. The minimum absolute atomic E-state index is 0.0185. The Labute approximate surface area is 237 Å². The molecule has 2 aromatic heterocycles. The molecule has 4 unspecified atom stereocenters. The molecule has 0 saturated heterocycles. The van der Waals surface area contributed by atoms with E-state index in [0.717, 1.165) is 38.7 Å². The van der Waals surface area contributed by atoms with E-state index in [4.69, 9.17) is 9.47 Å². The maximum Gasteiger partial charge on any atom is 0.138 e. The molecule has 0 radical (unpaired) electrons. The lowest BCUT2D eigenvalue weighted by Crippen LogP contribution is -2.45. The van der Waals surface area contributed by atoms with Gasteiger partial charge in [-0.05, 0) is 61.1 Å². The monoisotopic (exact) mass is 567 g/mol. The predicted molar refractivity (Wildman–Crippen MR) is 154 cm³/mol. The summed E-state index contributed by atoms with van der Waals surface area (Å²) in [5, 5.41) is 1.59. The highest BCUT2D eigenvalue weighted by Gasteiger charge is 2.44. The summed E-state index contributed by atoms with van der Waals surface area (Å²) in [6.45, 7) is 2.07. The molecule has 0 fully saturated rings. The van der Waals surface area contributed by atoms with Gasteiger partial charge in [-0.15, -0.1) is 0 Å². The van der Waals surface area contributed by atoms with Gasteiger partial charge in [0.25, 0.3) is 0 Å². The van der Waals surface area contributed by atoms with E-state index in [1.54, 1.807) is 18.5 Å². The summed E-state index contributed by atoms with van der Waals surface area (Å²) < 4.78 is 49.3. The molecule has 2 aliphatic heterocycles. The van der Waals surface area contributed by atoms with Gasteiger partial charge in [-0.1, -0.05) is 31.2 Å². The molecule has 0 N–H and O–H groups in total. The van der Waals surface area contributed by atoms with Gasteiger partial charge in [-0.25, -0.2) is 28.4 Å². The topological polar surface area (TPSA) is 127 Å². The zero-order chi connectivity index (χ0) is 28.2. The Bertz CT molecular complexity index is 1890. The van der Waals surface area contributed by atoms with Crippen LogP contribution < -0.4 is 9.47 Å². The minimum atomic E-state index is -4.69. The molecule has 4 atom stereocenters. The van der Waals surface area contributed by atoms with Crippen LogP contribution in [0.2, 0.25) is 0 Å². The lowest BCUT2D eigenvalue weighted by molar-refractivity contribution is 0.165. The number of fused-ring (bicyclic) bond motifs is 6. The minimum Gasteiger partial charge on any atom is -0.747 e. The first-order valence-electron chi connectivity index (χ1n) is 13.5. The van der Waals surface area contributed by atoms with Crippen molar-refractivity contribution in [3.05, 3.63) is 84.7 Å². The SMILES string of the molecule is CC1(CC2C=Cc3ccc4ncncc4c3O2)C=CC(CC2C=Cc3ccc4ncncc4c3O2)(S(=O)(=O)[O-])CC1. The maximum atomic E-state index is 12.7. The van der Waals surface area contributed by atoms with Gasteiger partial charge in [-0.2, -0.15) is 0 Å². The fraction of sp³-hybridized carbons (Fsp3) is 0.290. The van der Waals surface area contributed by atoms with Crippen molar-refractivity contribution in [2.24, 2.45) is 5.41 Å². The first-order valence-corrected chi connectivity index (χ1v) is 14.9. The zero-order valence-electron chi connectivity index (χ0n) is 22.3. The molecule has 4 heterocycles. The molecular formula is C31H27N4O5S-. The third-order valence-electron chi connectivity index (χ3n) is 8.48. The smallest absolute Gasteiger partial charge is 0.138 e. The summed E-state index contributed by atoms with van der Waals surface area (Å²) in [5.41, 5.74) is 2.99. The fourth-order valence-electron chi connectivity index (χ4n) is 6.11. The van der Waals surface area contributed by atoms with Gasteiger partial charge in [0.2, 0.25) is 0 Å². The van der Waals surface area contributed by atoms with Crippen LogP contribution in [0, 0.1) is 5.41 Å². The highest BCUT2D eigenvalue weighted by molar-refractivity contribution is 7.87. The lowest BCUT2D eigenvalue weighted by atomic mass is 9.72. The summed E-state index contributed by atoms with van der Waals surface area (Å²) in [6, 6.07) is 7.71. The molecule has 7 rings (SSSR count). The summed E-state index contributed by atoms with van der Waals surface area (Å²) in [6.07, 6.45) is 18.2. The lowest BCUT2D eigenvalue weighted by Gasteiger charge is -2.43. The van der Waals surface area contributed by atoms with Crippen LogP contribution in [0.15, 0.2) is 73.6 Å². The van der Waals surface area contributed by atoms with Gasteiger partial charge in [0.15, 0.2) is 0 Å². The third-order valence-corrected chi connectivity index (χ3v) is 9.98. The van der Waals surface area contributed by atoms with Gasteiger partial charge in [0.05, 0.1) is 26.6 Å². The van der Waals surface area contributed by atoms with Crippen LogP contribution in [0.25, 0.3) is 34.0 Å². The summed E-state index contributed by atoms with van der Waals surface area (Å²) >= 11 is 0. The molecule has 0 amide bonds. The van der Waals surface area contributed by atoms with Crippen molar-refractivity contribution in [3.8, 4) is 11.5 Å². The molecule has 208 valence electrons. The number of rotatable bonds is 5. The van der Waals surface area contributed by atoms with Gasteiger partial charge < -0.3 is 14.0 Å². The number of hydrogen-bond donors (Lipinski definition) is 0. The first-order chi connectivity index (χ1) is 19.7. The van der Waals surface area contributed by atoms with Gasteiger partial charge >= 0.3 is 0 Å². The van der Waals surface area contributed by atoms with Crippen molar-refractivity contribution in [3.63, 3.8) is 0 Å². The molecule has 3 aliphatic rings. The Morgan fingerprint density at radius 1 is 0.829 bits per heavy atom. The van der Waals surface area contributed by atoms with E-state index in [0.29, 0.717) is 18.6 Å². The second-order valence-electron chi connectivity index (χ2n) is 11.3. The van der Waals surface area contributed by atoms with Crippen LogP contribution >= 0.6 is 0 Å². The first kappa shape index (κ1) is 25.8. The molecule has 41 heavy (non-hydrogen) atoms. The van der Waals surface area contributed by atoms with Crippen LogP contribution in [0.1, 0.15) is 43.7 Å². The van der Waals surface area contributed by atoms with Crippen molar-refractivity contribution < 1.29 is 22.4 Å². The van der Waals surface area contributed by atoms with Gasteiger partial charge in [0.1, 0.15) is 46.5 Å². The Morgan fingerprint density at radius 2 is 1.39 bits per heavy atom. The Morgan fingerprint density at radius 3 is 1.90 bits per heavy atom. The van der Waals surface area contributed by atoms with Crippen molar-refractivity contribution in [1.82, 2.24) is 19.9 Å². The molecule has 10 heteroatoms. The average Bonchev–Trinajstić information content (AvgIpc) is 2.98. The van der Waals surface area contributed by atoms with Crippen molar-refractivity contribution >= 4 is 44.1 Å². The Hall–Kier alpha value is -4.15. The molecule has 0 spiro atoms. The van der Waals surface area contributed by atoms with E-state index in [2.05, 4.69) is 26.9 Å². The number of nitrogens with zero attached hydrogens (tertiary/aromatic N) is 4. The summed E-state index contributed by atoms with van der Waals surface area (Å²) in [4.78, 5) is 16.9. The van der Waals surface area contributed by atoms with E-state index < -0.39 is 21.0 Å². The summed E-state index contributed by atoms with van der Waals surface area (Å²) in [7, 11) is -4.69. The van der Waals surface area contributed by atoms with E-state index in [9.17, 15) is 13.0 Å². The maximum absolute atomic E-state index is 12.7. The van der Waals surface area contributed by atoms with E-state index in [-0.39, 0.29) is 24.4 Å². The molecule has 2 aromatic carbocycles. The molecule has 9 nitrogen and oxygen atoms in total. The molecule has 0 saturated carbocycles. The Balaban J connectivity index is 1.12. The quantitative estimate of drug-likeness (QED) is 0.235. The van der Waals surface area contributed by atoms with Gasteiger partial charge in [-0.3, -0.25) is 0 Å². The van der Waals surface area contributed by atoms with Crippen LogP contribution in [-0.2, 0) is 10.1 Å². The van der Waals surface area contributed by atoms with Crippen LogP contribution in [-0.4, -0.2) is 49.9 Å². The molecule has 1 aliphatic carbocycles. The number of aromatic nitrogens is 4. The summed E-state index contributed by atoms with van der Waals surface area (Å²) in [5.74, 6) is 1.34. The van der Waals surface area contributed by atoms with E-state index in [1.165, 1.54) is 12.7 Å². The van der Waals surface area contributed by atoms with Gasteiger partial charge in [0, 0.05) is 29.9 Å².